The predicted molar refractivity (Wildman–Crippen MR) is 71.7 cm³/mol. The number of nitrogens with zero attached hydrogens (tertiary/aromatic N) is 2. The lowest BCUT2D eigenvalue weighted by Crippen LogP contribution is -2.18. The van der Waals surface area contributed by atoms with Crippen LogP contribution in [-0.4, -0.2) is 15.0 Å². The molecule has 0 atom stereocenters. The van der Waals surface area contributed by atoms with Crippen molar-refractivity contribution < 1.29 is 0 Å². The number of rotatable bonds is 2. The first-order valence-corrected chi connectivity index (χ1v) is 6.02. The minimum absolute atomic E-state index is 0.0595. The van der Waals surface area contributed by atoms with E-state index < -0.39 is 0 Å². The van der Waals surface area contributed by atoms with Crippen LogP contribution in [0.3, 0.4) is 0 Å². The molecule has 0 spiro atoms. The second-order valence-corrected chi connectivity index (χ2v) is 4.76. The maximum Gasteiger partial charge on any atom is 0.254 e. The number of H-pyrrole nitrogens is 1. The topological polar surface area (TPSA) is 58.6 Å². The minimum atomic E-state index is -0.0595. The van der Waals surface area contributed by atoms with Gasteiger partial charge in [0.25, 0.3) is 5.56 Å². The van der Waals surface area contributed by atoms with Crippen LogP contribution in [0.25, 0.3) is 11.4 Å². The van der Waals surface area contributed by atoms with Gasteiger partial charge in [0.2, 0.25) is 0 Å². The van der Waals surface area contributed by atoms with Crippen LogP contribution < -0.4 is 5.56 Å². The van der Waals surface area contributed by atoms with E-state index in [9.17, 15) is 4.79 Å². The molecule has 4 heteroatoms. The zero-order chi connectivity index (χ0) is 13.3. The molecule has 0 saturated carbocycles. The van der Waals surface area contributed by atoms with Crippen LogP contribution in [-0.2, 0) is 0 Å². The largest absolute Gasteiger partial charge is 0.306 e. The number of nitrogens with one attached hydrogen (secondary N) is 1. The first-order chi connectivity index (χ1) is 8.50. The van der Waals surface area contributed by atoms with Crippen LogP contribution in [0.4, 0.5) is 0 Å². The van der Waals surface area contributed by atoms with E-state index in [1.54, 1.807) is 12.4 Å². The Labute approximate surface area is 106 Å². The normalized spacial score (nSPS) is 10.9. The standard InChI is InChI=1S/C14H17N3O/c1-8(2)12-10(4)16-13(17-14(12)18)11-7-15-6-5-9(11)3/h5-8H,1-4H3,(H,16,17,18). The molecule has 0 aliphatic rings. The maximum atomic E-state index is 12.1. The van der Waals surface area contributed by atoms with Gasteiger partial charge in [-0.15, -0.1) is 0 Å². The predicted octanol–water partition coefficient (Wildman–Crippen LogP) is 2.57. The van der Waals surface area contributed by atoms with Crippen molar-refractivity contribution in [2.75, 3.05) is 0 Å². The second-order valence-electron chi connectivity index (χ2n) is 4.76. The molecular formula is C14H17N3O. The molecule has 0 radical (unpaired) electrons. The summed E-state index contributed by atoms with van der Waals surface area (Å²) < 4.78 is 0. The Bertz CT molecular complexity index is 629. The van der Waals surface area contributed by atoms with Gasteiger partial charge >= 0.3 is 0 Å². The molecule has 0 saturated heterocycles. The van der Waals surface area contributed by atoms with E-state index in [1.807, 2.05) is 33.8 Å². The summed E-state index contributed by atoms with van der Waals surface area (Å²) in [5.74, 6) is 0.762. The Morgan fingerprint density at radius 3 is 2.56 bits per heavy atom. The van der Waals surface area contributed by atoms with E-state index in [2.05, 4.69) is 15.0 Å². The van der Waals surface area contributed by atoms with Gasteiger partial charge in [0.15, 0.2) is 0 Å². The summed E-state index contributed by atoms with van der Waals surface area (Å²) in [4.78, 5) is 23.5. The van der Waals surface area contributed by atoms with Crippen molar-refractivity contribution in [2.45, 2.75) is 33.6 Å². The molecule has 94 valence electrons. The molecular weight excluding hydrogens is 226 g/mol. The maximum absolute atomic E-state index is 12.1. The van der Waals surface area contributed by atoms with Gasteiger partial charge in [-0.05, 0) is 31.4 Å². The molecule has 4 nitrogen and oxygen atoms in total. The van der Waals surface area contributed by atoms with Crippen LogP contribution >= 0.6 is 0 Å². The fraction of sp³-hybridized carbons (Fsp3) is 0.357. The first kappa shape index (κ1) is 12.5. The third-order valence-electron chi connectivity index (χ3n) is 3.02. The molecule has 2 aromatic rings. The van der Waals surface area contributed by atoms with E-state index in [-0.39, 0.29) is 11.5 Å². The summed E-state index contributed by atoms with van der Waals surface area (Å²) in [5.41, 5.74) is 3.39. The van der Waals surface area contributed by atoms with Crippen molar-refractivity contribution in [3.05, 3.63) is 45.6 Å². The minimum Gasteiger partial charge on any atom is -0.306 e. The lowest BCUT2D eigenvalue weighted by molar-refractivity contribution is 0.814. The van der Waals surface area contributed by atoms with E-state index >= 15 is 0 Å². The molecule has 0 bridgehead atoms. The van der Waals surface area contributed by atoms with Crippen LogP contribution in [0.2, 0.25) is 0 Å². The van der Waals surface area contributed by atoms with Gasteiger partial charge < -0.3 is 4.98 Å². The quantitative estimate of drug-likeness (QED) is 0.881. The summed E-state index contributed by atoms with van der Waals surface area (Å²) in [5, 5.41) is 0. The summed E-state index contributed by atoms with van der Waals surface area (Å²) in [6.45, 7) is 7.84. The van der Waals surface area contributed by atoms with Crippen LogP contribution in [0.15, 0.2) is 23.3 Å². The van der Waals surface area contributed by atoms with Crippen molar-refractivity contribution in [3.8, 4) is 11.4 Å². The van der Waals surface area contributed by atoms with E-state index in [4.69, 9.17) is 0 Å². The molecule has 0 unspecified atom stereocenters. The van der Waals surface area contributed by atoms with Crippen molar-refractivity contribution in [3.63, 3.8) is 0 Å². The fourth-order valence-electron chi connectivity index (χ4n) is 2.11. The highest BCUT2D eigenvalue weighted by Crippen LogP contribution is 2.19. The lowest BCUT2D eigenvalue weighted by atomic mass is 10.0. The average Bonchev–Trinajstić information content (AvgIpc) is 2.27. The van der Waals surface area contributed by atoms with Gasteiger partial charge in [0, 0.05) is 29.2 Å². The van der Waals surface area contributed by atoms with Crippen LogP contribution in [0.1, 0.15) is 36.6 Å². The van der Waals surface area contributed by atoms with Gasteiger partial charge in [-0.3, -0.25) is 9.78 Å². The first-order valence-electron chi connectivity index (χ1n) is 6.02. The number of aryl methyl sites for hydroxylation is 2. The van der Waals surface area contributed by atoms with Crippen molar-refractivity contribution in [1.82, 2.24) is 15.0 Å². The monoisotopic (exact) mass is 243 g/mol. The smallest absolute Gasteiger partial charge is 0.254 e. The molecule has 0 amide bonds. The number of hydrogen-bond donors (Lipinski definition) is 1. The van der Waals surface area contributed by atoms with Crippen molar-refractivity contribution >= 4 is 0 Å². The SMILES string of the molecule is Cc1ccncc1-c1nc(C)c(C(C)C)c(=O)[nH]1. The molecule has 2 aromatic heterocycles. The third kappa shape index (κ3) is 2.18. The number of pyridine rings is 1. The van der Waals surface area contributed by atoms with Gasteiger partial charge in [-0.1, -0.05) is 13.8 Å². The summed E-state index contributed by atoms with van der Waals surface area (Å²) in [7, 11) is 0. The second kappa shape index (κ2) is 4.72. The van der Waals surface area contributed by atoms with Crippen LogP contribution in [0.5, 0.6) is 0 Å². The average molecular weight is 243 g/mol. The highest BCUT2D eigenvalue weighted by molar-refractivity contribution is 5.58. The van der Waals surface area contributed by atoms with Gasteiger partial charge in [0.1, 0.15) is 5.82 Å². The molecule has 2 heterocycles. The number of hydrogen-bond acceptors (Lipinski definition) is 3. The highest BCUT2D eigenvalue weighted by atomic mass is 16.1. The molecule has 0 aliphatic heterocycles. The molecule has 18 heavy (non-hydrogen) atoms. The Morgan fingerprint density at radius 2 is 2.00 bits per heavy atom. The number of aromatic amines is 1. The van der Waals surface area contributed by atoms with E-state index in [0.717, 1.165) is 22.4 Å². The molecule has 0 aliphatic carbocycles. The lowest BCUT2D eigenvalue weighted by Gasteiger charge is -2.10. The van der Waals surface area contributed by atoms with Gasteiger partial charge in [-0.2, -0.15) is 0 Å². The van der Waals surface area contributed by atoms with Gasteiger partial charge in [0.05, 0.1) is 0 Å². The summed E-state index contributed by atoms with van der Waals surface area (Å²) >= 11 is 0. The molecule has 2 rings (SSSR count). The number of aromatic nitrogens is 3. The zero-order valence-corrected chi connectivity index (χ0v) is 11.1. The van der Waals surface area contributed by atoms with Gasteiger partial charge in [-0.25, -0.2) is 4.98 Å². The Hall–Kier alpha value is -1.97. The summed E-state index contributed by atoms with van der Waals surface area (Å²) in [6, 6.07) is 1.90. The Morgan fingerprint density at radius 1 is 1.28 bits per heavy atom. The molecule has 0 aromatic carbocycles. The van der Waals surface area contributed by atoms with Crippen molar-refractivity contribution in [1.29, 1.82) is 0 Å². The Balaban J connectivity index is 2.63. The fourth-order valence-corrected chi connectivity index (χ4v) is 2.11. The Kier molecular flexibility index (Phi) is 3.28. The van der Waals surface area contributed by atoms with E-state index in [1.165, 1.54) is 0 Å². The zero-order valence-electron chi connectivity index (χ0n) is 11.1. The van der Waals surface area contributed by atoms with E-state index in [0.29, 0.717) is 5.82 Å². The van der Waals surface area contributed by atoms with Crippen LogP contribution in [0, 0.1) is 13.8 Å². The summed E-state index contributed by atoms with van der Waals surface area (Å²) in [6.07, 6.45) is 3.45. The molecule has 1 N–H and O–H groups in total. The third-order valence-corrected chi connectivity index (χ3v) is 3.02. The molecule has 0 fully saturated rings. The highest BCUT2D eigenvalue weighted by Gasteiger charge is 2.13. The van der Waals surface area contributed by atoms with Crippen molar-refractivity contribution in [2.24, 2.45) is 0 Å².